The first-order valence-corrected chi connectivity index (χ1v) is 12.1. The maximum atomic E-state index is 11.3. The maximum absolute atomic E-state index is 11.3. The minimum Gasteiger partial charge on any atom is -0.381 e. The Bertz CT molecular complexity index is 455. The van der Waals surface area contributed by atoms with E-state index in [4.69, 9.17) is 14.7 Å². The number of rotatable bonds is 12. The van der Waals surface area contributed by atoms with Crippen molar-refractivity contribution in [3.05, 3.63) is 0 Å². The molecule has 0 radical (unpaired) electrons. The number of hydrogen-bond acceptors (Lipinski definition) is 5. The quantitative estimate of drug-likeness (QED) is 0.304. The van der Waals surface area contributed by atoms with E-state index in [9.17, 15) is 4.79 Å². The van der Waals surface area contributed by atoms with Gasteiger partial charge in [-0.05, 0) is 74.2 Å². The third-order valence-corrected chi connectivity index (χ3v) is 7.88. The Morgan fingerprint density at radius 3 is 2.52 bits per heavy atom. The average Bonchev–Trinajstić information content (AvgIpc) is 3.39. The summed E-state index contributed by atoms with van der Waals surface area (Å²) in [5.74, 6) is 4.73. The SMILES string of the molecule is CN(O)C(=O)CCCOCC[C@H]1[C@@H](CCSCC2CCCC2)[C@H]2CC[C@@H]1O2. The van der Waals surface area contributed by atoms with E-state index in [1.807, 2.05) is 0 Å². The largest absolute Gasteiger partial charge is 0.381 e. The summed E-state index contributed by atoms with van der Waals surface area (Å²) in [5.41, 5.74) is 0. The smallest absolute Gasteiger partial charge is 0.245 e. The van der Waals surface area contributed by atoms with Crippen molar-refractivity contribution in [2.45, 2.75) is 76.4 Å². The van der Waals surface area contributed by atoms with Gasteiger partial charge in [-0.1, -0.05) is 12.8 Å². The van der Waals surface area contributed by atoms with Crippen LogP contribution in [0.25, 0.3) is 0 Å². The number of hydrogen-bond donors (Lipinski definition) is 1. The van der Waals surface area contributed by atoms with E-state index in [1.165, 1.54) is 63.5 Å². The van der Waals surface area contributed by atoms with Crippen molar-refractivity contribution in [3.8, 4) is 0 Å². The molecule has 2 bridgehead atoms. The molecular formula is C21H37NO4S. The van der Waals surface area contributed by atoms with E-state index in [0.29, 0.717) is 48.6 Å². The van der Waals surface area contributed by atoms with E-state index in [0.717, 1.165) is 18.9 Å². The lowest BCUT2D eigenvalue weighted by Gasteiger charge is -2.28. The summed E-state index contributed by atoms with van der Waals surface area (Å²) >= 11 is 2.16. The zero-order valence-corrected chi connectivity index (χ0v) is 17.6. The van der Waals surface area contributed by atoms with Crippen LogP contribution in [0.3, 0.4) is 0 Å². The van der Waals surface area contributed by atoms with Gasteiger partial charge < -0.3 is 9.47 Å². The van der Waals surface area contributed by atoms with Crippen molar-refractivity contribution < 1.29 is 19.5 Å². The van der Waals surface area contributed by atoms with Gasteiger partial charge in [-0.15, -0.1) is 0 Å². The summed E-state index contributed by atoms with van der Waals surface area (Å²) in [6.07, 6.45) is 12.6. The fourth-order valence-corrected chi connectivity index (χ4v) is 6.40. The first-order valence-electron chi connectivity index (χ1n) is 10.9. The van der Waals surface area contributed by atoms with Crippen LogP contribution in [0.4, 0.5) is 0 Å². The van der Waals surface area contributed by atoms with Crippen molar-refractivity contribution in [2.24, 2.45) is 17.8 Å². The van der Waals surface area contributed by atoms with Crippen LogP contribution in [-0.4, -0.2) is 60.2 Å². The molecule has 2 heterocycles. The Kier molecular flexibility index (Phi) is 8.75. The zero-order valence-electron chi connectivity index (χ0n) is 16.8. The Morgan fingerprint density at radius 2 is 1.81 bits per heavy atom. The standard InChI is InChI=1S/C21H37NO4S/c1-22(24)21(23)7-4-12-25-13-10-17-18(20-9-8-19(17)26-20)11-14-27-15-16-5-2-3-6-16/h16-20,24H,2-15H2,1H3/t17-,18+,19-,20+/m0/s1. The van der Waals surface area contributed by atoms with Gasteiger partial charge in [-0.25, -0.2) is 5.06 Å². The Balaban J connectivity index is 1.29. The van der Waals surface area contributed by atoms with Crippen LogP contribution in [0.1, 0.15) is 64.2 Å². The minimum absolute atomic E-state index is 0.254. The molecule has 4 atom stereocenters. The van der Waals surface area contributed by atoms with E-state index >= 15 is 0 Å². The summed E-state index contributed by atoms with van der Waals surface area (Å²) in [6, 6.07) is 0. The second-order valence-electron chi connectivity index (χ2n) is 8.55. The molecule has 0 unspecified atom stereocenters. The van der Waals surface area contributed by atoms with Crippen LogP contribution < -0.4 is 0 Å². The second-order valence-corrected chi connectivity index (χ2v) is 9.70. The second kappa shape index (κ2) is 11.0. The Morgan fingerprint density at radius 1 is 1.11 bits per heavy atom. The average molecular weight is 400 g/mol. The van der Waals surface area contributed by atoms with Crippen LogP contribution in [0, 0.1) is 17.8 Å². The molecule has 0 aromatic heterocycles. The van der Waals surface area contributed by atoms with Crippen molar-refractivity contribution in [2.75, 3.05) is 31.8 Å². The monoisotopic (exact) mass is 399 g/mol. The molecule has 1 aliphatic carbocycles. The van der Waals surface area contributed by atoms with Gasteiger partial charge in [-0.2, -0.15) is 11.8 Å². The fraction of sp³-hybridized carbons (Fsp3) is 0.952. The molecule has 1 amide bonds. The van der Waals surface area contributed by atoms with Gasteiger partial charge in [0.05, 0.1) is 12.2 Å². The molecule has 1 N–H and O–H groups in total. The number of carbonyl (C=O) groups excluding carboxylic acids is 1. The summed E-state index contributed by atoms with van der Waals surface area (Å²) in [4.78, 5) is 11.3. The normalized spacial score (nSPS) is 30.3. The number of nitrogens with zero attached hydrogens (tertiary/aromatic N) is 1. The van der Waals surface area contributed by atoms with Crippen molar-refractivity contribution in [3.63, 3.8) is 0 Å². The predicted molar refractivity (Wildman–Crippen MR) is 108 cm³/mol. The summed E-state index contributed by atoms with van der Waals surface area (Å²) < 4.78 is 12.0. The highest BCUT2D eigenvalue weighted by Crippen LogP contribution is 2.47. The minimum atomic E-state index is -0.254. The van der Waals surface area contributed by atoms with E-state index < -0.39 is 0 Å². The van der Waals surface area contributed by atoms with Gasteiger partial charge >= 0.3 is 0 Å². The number of amides is 1. The third-order valence-electron chi connectivity index (χ3n) is 6.65. The molecule has 0 aromatic carbocycles. The lowest BCUT2D eigenvalue weighted by atomic mass is 9.76. The predicted octanol–water partition coefficient (Wildman–Crippen LogP) is 4.13. The van der Waals surface area contributed by atoms with Crippen molar-refractivity contribution in [1.29, 1.82) is 0 Å². The van der Waals surface area contributed by atoms with Gasteiger partial charge in [0.25, 0.3) is 0 Å². The molecule has 27 heavy (non-hydrogen) atoms. The molecule has 3 aliphatic rings. The van der Waals surface area contributed by atoms with Gasteiger partial charge in [0.2, 0.25) is 5.91 Å². The van der Waals surface area contributed by atoms with Crippen LogP contribution in [0.5, 0.6) is 0 Å². The first kappa shape index (κ1) is 21.4. The van der Waals surface area contributed by atoms with Crippen LogP contribution in [0.2, 0.25) is 0 Å². The number of thioether (sulfide) groups is 1. The summed E-state index contributed by atoms with van der Waals surface area (Å²) in [7, 11) is 1.37. The maximum Gasteiger partial charge on any atom is 0.245 e. The molecule has 5 nitrogen and oxygen atoms in total. The number of carbonyl (C=O) groups is 1. The molecule has 156 valence electrons. The van der Waals surface area contributed by atoms with Crippen molar-refractivity contribution in [1.82, 2.24) is 5.06 Å². The third kappa shape index (κ3) is 6.34. The summed E-state index contributed by atoms with van der Waals surface area (Å²) in [6.45, 7) is 1.34. The zero-order chi connectivity index (χ0) is 19.1. The molecule has 0 aromatic rings. The molecule has 2 aliphatic heterocycles. The highest BCUT2D eigenvalue weighted by atomic mass is 32.2. The molecule has 3 rings (SSSR count). The molecule has 3 fully saturated rings. The Hall–Kier alpha value is -0.300. The first-order chi connectivity index (χ1) is 13.1. The lowest BCUT2D eigenvalue weighted by Crippen LogP contribution is -2.29. The van der Waals surface area contributed by atoms with Crippen LogP contribution in [0.15, 0.2) is 0 Å². The van der Waals surface area contributed by atoms with Crippen molar-refractivity contribution >= 4 is 17.7 Å². The molecule has 6 heteroatoms. The summed E-state index contributed by atoms with van der Waals surface area (Å²) in [5, 5.41) is 9.69. The number of ether oxygens (including phenoxy) is 2. The fourth-order valence-electron chi connectivity index (χ4n) is 5.13. The van der Waals surface area contributed by atoms with Crippen LogP contribution >= 0.6 is 11.8 Å². The van der Waals surface area contributed by atoms with Gasteiger partial charge in [-0.3, -0.25) is 10.0 Å². The highest BCUT2D eigenvalue weighted by molar-refractivity contribution is 7.99. The lowest BCUT2D eigenvalue weighted by molar-refractivity contribution is -0.159. The van der Waals surface area contributed by atoms with Gasteiger partial charge in [0.1, 0.15) is 0 Å². The van der Waals surface area contributed by atoms with Gasteiger partial charge in [0, 0.05) is 26.7 Å². The van der Waals surface area contributed by atoms with E-state index in [2.05, 4.69) is 11.8 Å². The number of hydroxylamine groups is 2. The van der Waals surface area contributed by atoms with Gasteiger partial charge in [0.15, 0.2) is 0 Å². The number of fused-ring (bicyclic) bond motifs is 2. The molecule has 0 spiro atoms. The Labute approximate surface area is 168 Å². The molecule has 1 saturated carbocycles. The van der Waals surface area contributed by atoms with Crippen LogP contribution in [-0.2, 0) is 14.3 Å². The molecule has 2 saturated heterocycles. The van der Waals surface area contributed by atoms with E-state index in [1.54, 1.807) is 0 Å². The topological polar surface area (TPSA) is 59.0 Å². The van der Waals surface area contributed by atoms with E-state index in [-0.39, 0.29) is 5.91 Å². The highest BCUT2D eigenvalue weighted by Gasteiger charge is 2.47. The molecular weight excluding hydrogens is 362 g/mol.